The highest BCUT2D eigenvalue weighted by atomic mass is 35.5. The number of hydrogen-bond acceptors (Lipinski definition) is 5. The number of nitrogens with zero attached hydrogens (tertiary/aromatic N) is 2. The predicted molar refractivity (Wildman–Crippen MR) is 129 cm³/mol. The first-order valence-corrected chi connectivity index (χ1v) is 11.6. The molecule has 0 spiro atoms. The van der Waals surface area contributed by atoms with Crippen LogP contribution in [0.25, 0.3) is 11.0 Å². The molecule has 172 valence electrons. The van der Waals surface area contributed by atoms with Crippen LogP contribution in [0.4, 0.5) is 0 Å². The molecule has 1 aliphatic heterocycles. The molecule has 0 fully saturated rings. The molecule has 3 aromatic rings. The van der Waals surface area contributed by atoms with Crippen LogP contribution in [0.3, 0.4) is 0 Å². The van der Waals surface area contributed by atoms with Crippen molar-refractivity contribution in [3.05, 3.63) is 81.2 Å². The Morgan fingerprint density at radius 3 is 2.48 bits per heavy atom. The van der Waals surface area contributed by atoms with E-state index in [0.29, 0.717) is 34.3 Å². The molecule has 0 radical (unpaired) electrons. The second-order valence-electron chi connectivity index (χ2n) is 7.84. The normalized spacial score (nSPS) is 16.5. The first-order chi connectivity index (χ1) is 15.8. The Bertz CT molecular complexity index is 1210. The van der Waals surface area contributed by atoms with Gasteiger partial charge in [-0.3, -0.25) is 9.59 Å². The fourth-order valence-electron chi connectivity index (χ4n) is 4.16. The van der Waals surface area contributed by atoms with Crippen molar-refractivity contribution in [2.75, 3.05) is 26.2 Å². The van der Waals surface area contributed by atoms with Crippen LogP contribution in [0.5, 0.6) is 0 Å². The minimum atomic E-state index is -0.816. The number of hydrogen-bond donors (Lipinski definition) is 1. The van der Waals surface area contributed by atoms with Crippen LogP contribution in [-0.2, 0) is 4.79 Å². The molecule has 0 saturated carbocycles. The van der Waals surface area contributed by atoms with Gasteiger partial charge in [-0.1, -0.05) is 61.3 Å². The number of benzene rings is 2. The van der Waals surface area contributed by atoms with Crippen molar-refractivity contribution in [1.29, 1.82) is 0 Å². The smallest absolute Gasteiger partial charge is 0.290 e. The number of ketones is 1. The van der Waals surface area contributed by atoms with Crippen LogP contribution >= 0.6 is 23.2 Å². The number of carbonyl (C=O) groups excluding carboxylic acids is 2. The minimum absolute atomic E-state index is 0.0306. The lowest BCUT2D eigenvalue weighted by molar-refractivity contribution is -0.129. The Morgan fingerprint density at radius 1 is 1.09 bits per heavy atom. The monoisotopic (exact) mass is 486 g/mol. The van der Waals surface area contributed by atoms with Gasteiger partial charge in [0.2, 0.25) is 5.78 Å². The van der Waals surface area contributed by atoms with Crippen molar-refractivity contribution in [3.63, 3.8) is 0 Å². The average molecular weight is 487 g/mol. The Balaban J connectivity index is 1.77. The molecule has 0 bridgehead atoms. The molecule has 8 heteroatoms. The van der Waals surface area contributed by atoms with E-state index in [1.807, 2.05) is 32.0 Å². The molecule has 4 rings (SSSR count). The summed E-state index contributed by atoms with van der Waals surface area (Å²) in [6, 6.07) is 13.0. The molecule has 33 heavy (non-hydrogen) atoms. The molecule has 1 aliphatic rings. The third kappa shape index (κ3) is 4.38. The molecule has 2 aromatic carbocycles. The zero-order chi connectivity index (χ0) is 23.7. The summed E-state index contributed by atoms with van der Waals surface area (Å²) >= 11 is 12.4. The number of amides is 1. The summed E-state index contributed by atoms with van der Waals surface area (Å²) in [5.41, 5.74) is 1.10. The molecule has 1 unspecified atom stereocenters. The van der Waals surface area contributed by atoms with Crippen molar-refractivity contribution < 1.29 is 19.1 Å². The van der Waals surface area contributed by atoms with Gasteiger partial charge < -0.3 is 19.3 Å². The van der Waals surface area contributed by atoms with E-state index in [-0.39, 0.29) is 11.3 Å². The largest absolute Gasteiger partial charge is 0.503 e. The molecule has 2 heterocycles. The van der Waals surface area contributed by atoms with Crippen LogP contribution in [0.1, 0.15) is 36.0 Å². The molecule has 0 saturated heterocycles. The van der Waals surface area contributed by atoms with Crippen LogP contribution in [0.2, 0.25) is 10.0 Å². The molecule has 1 aromatic heterocycles. The van der Waals surface area contributed by atoms with Crippen LogP contribution in [0.15, 0.2) is 64.3 Å². The number of furan rings is 1. The van der Waals surface area contributed by atoms with E-state index in [4.69, 9.17) is 27.6 Å². The highest BCUT2D eigenvalue weighted by molar-refractivity contribution is 6.42. The topological polar surface area (TPSA) is 74.0 Å². The fourth-order valence-corrected chi connectivity index (χ4v) is 4.47. The quantitative estimate of drug-likeness (QED) is 0.415. The van der Waals surface area contributed by atoms with Gasteiger partial charge >= 0.3 is 0 Å². The summed E-state index contributed by atoms with van der Waals surface area (Å²) in [7, 11) is 0. The number of aliphatic hydroxyl groups excluding tert-OH is 1. The molecular formula is C25H24Cl2N2O4. The van der Waals surface area contributed by atoms with Crippen molar-refractivity contribution >= 4 is 45.9 Å². The lowest BCUT2D eigenvalue weighted by atomic mass is 9.95. The first kappa shape index (κ1) is 23.4. The van der Waals surface area contributed by atoms with Crippen molar-refractivity contribution in [2.24, 2.45) is 0 Å². The third-order valence-electron chi connectivity index (χ3n) is 6.01. The van der Waals surface area contributed by atoms with Gasteiger partial charge in [-0.05, 0) is 42.9 Å². The molecule has 6 nitrogen and oxygen atoms in total. The standard InChI is InChI=1S/C25H24Cl2N2O4/c1-3-28(4-2)11-12-29-22(16-9-10-17(26)18(27)13-16)21(24(31)25(29)32)23(30)20-14-15-7-5-6-8-19(15)33-20/h5-10,13-14,22,31H,3-4,11-12H2,1-2H3. The lowest BCUT2D eigenvalue weighted by Crippen LogP contribution is -2.38. The number of rotatable bonds is 8. The summed E-state index contributed by atoms with van der Waals surface area (Å²) in [5, 5.41) is 12.2. The Hall–Kier alpha value is -2.80. The molecule has 1 atom stereocenters. The summed E-state index contributed by atoms with van der Waals surface area (Å²) < 4.78 is 5.74. The molecule has 0 aliphatic carbocycles. The van der Waals surface area contributed by atoms with Gasteiger partial charge in [-0.15, -0.1) is 0 Å². The maximum absolute atomic E-state index is 13.5. The first-order valence-electron chi connectivity index (χ1n) is 10.8. The van der Waals surface area contributed by atoms with E-state index in [1.54, 1.807) is 30.3 Å². The summed E-state index contributed by atoms with van der Waals surface area (Å²) in [4.78, 5) is 30.3. The Kier molecular flexibility index (Phi) is 6.79. The zero-order valence-corrected chi connectivity index (χ0v) is 19.9. The number of fused-ring (bicyclic) bond motifs is 1. The van der Waals surface area contributed by atoms with E-state index in [1.165, 1.54) is 4.90 Å². The fraction of sp³-hybridized carbons (Fsp3) is 0.280. The van der Waals surface area contributed by atoms with Gasteiger partial charge in [0, 0.05) is 18.5 Å². The van der Waals surface area contributed by atoms with E-state index in [0.717, 1.165) is 18.5 Å². The lowest BCUT2D eigenvalue weighted by Gasteiger charge is -2.29. The number of halogens is 2. The zero-order valence-electron chi connectivity index (χ0n) is 18.3. The highest BCUT2D eigenvalue weighted by Crippen LogP contribution is 2.41. The van der Waals surface area contributed by atoms with Gasteiger partial charge in [0.1, 0.15) is 5.58 Å². The van der Waals surface area contributed by atoms with Crippen molar-refractivity contribution in [3.8, 4) is 0 Å². The second kappa shape index (κ2) is 9.59. The Labute approximate surface area is 202 Å². The van der Waals surface area contributed by atoms with Gasteiger partial charge in [0.25, 0.3) is 5.91 Å². The van der Waals surface area contributed by atoms with E-state index in [9.17, 15) is 14.7 Å². The molecule has 1 amide bonds. The molecular weight excluding hydrogens is 463 g/mol. The van der Waals surface area contributed by atoms with Crippen molar-refractivity contribution in [1.82, 2.24) is 9.80 Å². The number of para-hydroxylation sites is 1. The number of likely N-dealkylation sites (N-methyl/N-ethyl adjacent to an activating group) is 1. The summed E-state index contributed by atoms with van der Waals surface area (Å²) in [6.45, 7) is 6.64. The van der Waals surface area contributed by atoms with Crippen LogP contribution in [-0.4, -0.2) is 52.8 Å². The summed E-state index contributed by atoms with van der Waals surface area (Å²) in [5.74, 6) is -1.66. The SMILES string of the molecule is CCN(CC)CCN1C(=O)C(O)=C(C(=O)c2cc3ccccc3o2)C1c1ccc(Cl)c(Cl)c1. The third-order valence-corrected chi connectivity index (χ3v) is 6.75. The van der Waals surface area contributed by atoms with Gasteiger partial charge in [-0.25, -0.2) is 0 Å². The Morgan fingerprint density at radius 2 is 1.82 bits per heavy atom. The maximum atomic E-state index is 13.5. The number of carbonyl (C=O) groups is 2. The van der Waals surface area contributed by atoms with E-state index in [2.05, 4.69) is 4.90 Å². The highest BCUT2D eigenvalue weighted by Gasteiger charge is 2.44. The summed E-state index contributed by atoms with van der Waals surface area (Å²) in [6.07, 6.45) is 0. The van der Waals surface area contributed by atoms with Crippen LogP contribution in [0, 0.1) is 0 Å². The number of Topliss-reactive ketones (excluding diaryl/α,β-unsaturated/α-hetero) is 1. The molecule has 1 N–H and O–H groups in total. The van der Waals surface area contributed by atoms with Gasteiger partial charge in [0.05, 0.1) is 21.7 Å². The average Bonchev–Trinajstić information content (AvgIpc) is 3.36. The van der Waals surface area contributed by atoms with Crippen LogP contribution < -0.4 is 0 Å². The predicted octanol–water partition coefficient (Wildman–Crippen LogP) is 5.66. The number of aliphatic hydroxyl groups is 1. The van der Waals surface area contributed by atoms with Gasteiger partial charge in [0.15, 0.2) is 11.5 Å². The maximum Gasteiger partial charge on any atom is 0.290 e. The second-order valence-corrected chi connectivity index (χ2v) is 8.66. The van der Waals surface area contributed by atoms with Gasteiger partial charge in [-0.2, -0.15) is 0 Å². The van der Waals surface area contributed by atoms with E-state index >= 15 is 0 Å². The minimum Gasteiger partial charge on any atom is -0.503 e. The van der Waals surface area contributed by atoms with Crippen molar-refractivity contribution in [2.45, 2.75) is 19.9 Å². The van der Waals surface area contributed by atoms with E-state index < -0.39 is 23.5 Å².